The van der Waals surface area contributed by atoms with Crippen LogP contribution in [0.15, 0.2) is 12.4 Å². The van der Waals surface area contributed by atoms with Crippen molar-refractivity contribution in [1.82, 2.24) is 15.3 Å². The molecule has 0 aliphatic carbocycles. The number of carbonyl (C=O) groups excluding carboxylic acids is 1. The molecule has 1 heterocycles. The van der Waals surface area contributed by atoms with E-state index in [4.69, 9.17) is 10.5 Å². The summed E-state index contributed by atoms with van der Waals surface area (Å²) in [5.41, 5.74) is 5.66. The number of ether oxygens (including phenoxy) is 1. The van der Waals surface area contributed by atoms with Crippen LogP contribution in [0.3, 0.4) is 0 Å². The van der Waals surface area contributed by atoms with Gasteiger partial charge < -0.3 is 15.8 Å². The molecule has 0 fully saturated rings. The van der Waals surface area contributed by atoms with Crippen LogP contribution in [0.1, 0.15) is 23.8 Å². The minimum atomic E-state index is -0.275. The van der Waals surface area contributed by atoms with Crippen molar-refractivity contribution in [2.75, 3.05) is 19.5 Å². The molecule has 0 aliphatic heterocycles. The molecule has 1 unspecified atom stereocenters. The first-order chi connectivity index (χ1) is 7.63. The zero-order valence-corrected chi connectivity index (χ0v) is 9.43. The van der Waals surface area contributed by atoms with E-state index in [1.807, 2.05) is 6.92 Å². The molecular formula is C10H16N4O2. The quantitative estimate of drug-likeness (QED) is 0.746. The van der Waals surface area contributed by atoms with Crippen molar-refractivity contribution in [2.45, 2.75) is 19.4 Å². The molecular weight excluding hydrogens is 208 g/mol. The average Bonchev–Trinajstić information content (AvgIpc) is 2.26. The topological polar surface area (TPSA) is 90.1 Å². The highest BCUT2D eigenvalue weighted by atomic mass is 16.5. The summed E-state index contributed by atoms with van der Waals surface area (Å²) in [6.45, 7) is 2.50. The normalized spacial score (nSPS) is 12.1. The summed E-state index contributed by atoms with van der Waals surface area (Å²) in [5.74, 6) is -0.0411. The highest BCUT2D eigenvalue weighted by Gasteiger charge is 2.11. The third-order valence-electron chi connectivity index (χ3n) is 2.02. The van der Waals surface area contributed by atoms with Crippen LogP contribution in [0, 0.1) is 0 Å². The molecule has 1 atom stereocenters. The Balaban J connectivity index is 2.52. The third-order valence-corrected chi connectivity index (χ3v) is 2.02. The number of hydrogen-bond acceptors (Lipinski definition) is 5. The minimum Gasteiger partial charge on any atom is -0.385 e. The molecule has 0 radical (unpaired) electrons. The highest BCUT2D eigenvalue weighted by Crippen LogP contribution is 1.99. The van der Waals surface area contributed by atoms with E-state index < -0.39 is 0 Å². The molecule has 1 aromatic heterocycles. The largest absolute Gasteiger partial charge is 0.385 e. The minimum absolute atomic E-state index is 0.0238. The molecule has 1 rings (SSSR count). The first-order valence-corrected chi connectivity index (χ1v) is 5.00. The van der Waals surface area contributed by atoms with Crippen molar-refractivity contribution in [3.05, 3.63) is 18.1 Å². The summed E-state index contributed by atoms with van der Waals surface area (Å²) in [7, 11) is 1.62. The molecule has 1 aromatic rings. The molecule has 0 bridgehead atoms. The molecule has 88 valence electrons. The van der Waals surface area contributed by atoms with Crippen molar-refractivity contribution >= 4 is 11.7 Å². The van der Waals surface area contributed by atoms with Crippen LogP contribution in [0.5, 0.6) is 0 Å². The Kier molecular flexibility index (Phi) is 4.65. The molecule has 0 spiro atoms. The number of nitrogen functional groups attached to an aromatic ring is 1. The summed E-state index contributed by atoms with van der Waals surface area (Å²) < 4.78 is 4.92. The number of rotatable bonds is 5. The molecule has 0 saturated carbocycles. The molecule has 6 nitrogen and oxygen atoms in total. The van der Waals surface area contributed by atoms with Crippen LogP contribution >= 0.6 is 0 Å². The van der Waals surface area contributed by atoms with Crippen molar-refractivity contribution in [3.8, 4) is 0 Å². The summed E-state index contributed by atoms with van der Waals surface area (Å²) in [4.78, 5) is 19.3. The first kappa shape index (κ1) is 12.4. The molecule has 0 saturated heterocycles. The second-order valence-electron chi connectivity index (χ2n) is 3.49. The van der Waals surface area contributed by atoms with Gasteiger partial charge in [-0.15, -0.1) is 0 Å². The van der Waals surface area contributed by atoms with Crippen LogP contribution in [-0.4, -0.2) is 35.6 Å². The number of anilines is 1. The fourth-order valence-corrected chi connectivity index (χ4v) is 1.15. The Bertz CT molecular complexity index is 356. The number of hydrogen-bond donors (Lipinski definition) is 2. The van der Waals surface area contributed by atoms with Gasteiger partial charge in [0.25, 0.3) is 5.91 Å². The van der Waals surface area contributed by atoms with Crippen molar-refractivity contribution < 1.29 is 9.53 Å². The Morgan fingerprint density at radius 3 is 3.00 bits per heavy atom. The number of nitrogens with one attached hydrogen (secondary N) is 1. The lowest BCUT2D eigenvalue weighted by Crippen LogP contribution is -2.34. The van der Waals surface area contributed by atoms with Gasteiger partial charge in [0.05, 0.1) is 12.4 Å². The second-order valence-corrected chi connectivity index (χ2v) is 3.49. The number of methoxy groups -OCH3 is 1. The van der Waals surface area contributed by atoms with E-state index in [0.717, 1.165) is 6.42 Å². The zero-order chi connectivity index (χ0) is 12.0. The lowest BCUT2D eigenvalue weighted by atomic mass is 10.2. The highest BCUT2D eigenvalue weighted by molar-refractivity contribution is 5.92. The fraction of sp³-hybridized carbons (Fsp3) is 0.500. The van der Waals surface area contributed by atoms with E-state index in [1.54, 1.807) is 7.11 Å². The molecule has 6 heteroatoms. The number of nitrogens with zero attached hydrogens (tertiary/aromatic N) is 2. The Morgan fingerprint density at radius 1 is 1.62 bits per heavy atom. The Labute approximate surface area is 94.2 Å². The molecule has 3 N–H and O–H groups in total. The molecule has 0 aromatic carbocycles. The predicted octanol–water partition coefficient (Wildman–Crippen LogP) is 0.214. The Morgan fingerprint density at radius 2 is 2.38 bits per heavy atom. The van der Waals surface area contributed by atoms with Gasteiger partial charge in [-0.05, 0) is 13.3 Å². The van der Waals surface area contributed by atoms with Crippen LogP contribution in [0.2, 0.25) is 0 Å². The van der Waals surface area contributed by atoms with Gasteiger partial charge in [0.2, 0.25) is 0 Å². The van der Waals surface area contributed by atoms with Gasteiger partial charge in [-0.3, -0.25) is 9.78 Å². The molecule has 0 aliphatic rings. The summed E-state index contributed by atoms with van der Waals surface area (Å²) >= 11 is 0. The van der Waals surface area contributed by atoms with Crippen LogP contribution < -0.4 is 11.1 Å². The van der Waals surface area contributed by atoms with Gasteiger partial charge >= 0.3 is 0 Å². The van der Waals surface area contributed by atoms with E-state index in [-0.39, 0.29) is 23.5 Å². The molecule has 1 amide bonds. The first-order valence-electron chi connectivity index (χ1n) is 5.00. The van der Waals surface area contributed by atoms with Crippen LogP contribution in [0.25, 0.3) is 0 Å². The van der Waals surface area contributed by atoms with Gasteiger partial charge in [-0.25, -0.2) is 4.98 Å². The van der Waals surface area contributed by atoms with Gasteiger partial charge in [-0.1, -0.05) is 0 Å². The standard InChI is InChI=1S/C10H16N4O2/c1-7(3-4-16-2)13-10(15)8-5-12-6-9(11)14-8/h5-7H,3-4H2,1-2H3,(H2,11,14)(H,13,15). The van der Waals surface area contributed by atoms with Crippen molar-refractivity contribution in [3.63, 3.8) is 0 Å². The summed E-state index contributed by atoms with van der Waals surface area (Å²) in [5, 5.41) is 2.78. The number of aromatic nitrogens is 2. The maximum atomic E-state index is 11.7. The Hall–Kier alpha value is -1.69. The fourth-order valence-electron chi connectivity index (χ4n) is 1.15. The smallest absolute Gasteiger partial charge is 0.271 e. The van der Waals surface area contributed by atoms with E-state index in [1.165, 1.54) is 12.4 Å². The second kappa shape index (κ2) is 6.02. The number of carbonyl (C=O) groups is 1. The van der Waals surface area contributed by atoms with Crippen molar-refractivity contribution in [1.29, 1.82) is 0 Å². The third kappa shape index (κ3) is 3.82. The van der Waals surface area contributed by atoms with Crippen molar-refractivity contribution in [2.24, 2.45) is 0 Å². The number of amides is 1. The van der Waals surface area contributed by atoms with Gasteiger partial charge in [0.1, 0.15) is 11.5 Å². The van der Waals surface area contributed by atoms with Gasteiger partial charge in [0.15, 0.2) is 0 Å². The molecule has 16 heavy (non-hydrogen) atoms. The van der Waals surface area contributed by atoms with E-state index in [9.17, 15) is 4.79 Å². The monoisotopic (exact) mass is 224 g/mol. The van der Waals surface area contributed by atoms with Crippen LogP contribution in [-0.2, 0) is 4.74 Å². The average molecular weight is 224 g/mol. The maximum absolute atomic E-state index is 11.7. The lowest BCUT2D eigenvalue weighted by molar-refractivity contribution is 0.0924. The van der Waals surface area contributed by atoms with E-state index in [2.05, 4.69) is 15.3 Å². The van der Waals surface area contributed by atoms with Gasteiger partial charge in [-0.2, -0.15) is 0 Å². The summed E-state index contributed by atoms with van der Waals surface area (Å²) in [6, 6.07) is 0.0238. The lowest BCUT2D eigenvalue weighted by Gasteiger charge is -2.12. The zero-order valence-electron chi connectivity index (χ0n) is 9.43. The van der Waals surface area contributed by atoms with E-state index >= 15 is 0 Å². The summed E-state index contributed by atoms with van der Waals surface area (Å²) in [6.07, 6.45) is 3.53. The predicted molar refractivity (Wildman–Crippen MR) is 59.9 cm³/mol. The maximum Gasteiger partial charge on any atom is 0.271 e. The van der Waals surface area contributed by atoms with Crippen LogP contribution in [0.4, 0.5) is 5.82 Å². The van der Waals surface area contributed by atoms with E-state index in [0.29, 0.717) is 6.61 Å². The van der Waals surface area contributed by atoms with Gasteiger partial charge in [0, 0.05) is 19.8 Å². The SMILES string of the molecule is COCCC(C)NC(=O)c1cncc(N)n1. The number of nitrogens with two attached hydrogens (primary N) is 1.